The van der Waals surface area contributed by atoms with Gasteiger partial charge in [-0.3, -0.25) is 0 Å². The molecule has 0 aliphatic carbocycles. The summed E-state index contributed by atoms with van der Waals surface area (Å²) in [5.41, 5.74) is 0. The third kappa shape index (κ3) is 401. The number of hydrogen-bond acceptors (Lipinski definition) is 0. The third-order valence-electron chi connectivity index (χ3n) is 0. The maximum atomic E-state index is 0. The molecule has 0 heterocycles. The van der Waals surface area contributed by atoms with Gasteiger partial charge >= 0.3 is 19.5 Å². The molecule has 77 valence electrons. The van der Waals surface area contributed by atoms with Crippen LogP contribution in [-0.2, 0) is 19.5 Å². The molecule has 0 spiro atoms. The van der Waals surface area contributed by atoms with Crippen molar-refractivity contribution in [2.75, 3.05) is 0 Å². The van der Waals surface area contributed by atoms with Crippen molar-refractivity contribution in [3.05, 3.63) is 0 Å². The van der Waals surface area contributed by atoms with Crippen LogP contribution < -0.4 is 37.2 Å². The Morgan fingerprint density at radius 2 is 0.300 bits per heavy atom. The molecule has 0 aromatic rings. The van der Waals surface area contributed by atoms with Crippen LogP contribution >= 0.6 is 0 Å². The first-order valence-corrected chi connectivity index (χ1v) is 0. The molecule has 0 atom stereocenters. The van der Waals surface area contributed by atoms with Crippen LogP contribution in [0.5, 0.6) is 0 Å². The minimum Gasteiger partial charge on any atom is -1.00 e. The molecule has 0 aliphatic heterocycles. The summed E-state index contributed by atoms with van der Waals surface area (Å²) in [5.74, 6) is 0. The van der Waals surface area contributed by atoms with Crippen LogP contribution in [0.4, 0.5) is 0 Å². The second-order valence-corrected chi connectivity index (χ2v) is 0. The van der Waals surface area contributed by atoms with E-state index < -0.39 is 0 Å². The smallest absolute Gasteiger partial charge is 1.00 e. The normalized spacial score (nSPS) is 0. The fraction of sp³-hybridized carbons (Fsp3) is 0. The van der Waals surface area contributed by atoms with Crippen LogP contribution in [0.25, 0.3) is 0 Å². The topological polar surface area (TPSA) is 189 Å². The fourth-order valence-electron chi connectivity index (χ4n) is 0. The predicted molar refractivity (Wildman–Crippen MR) is 21.7 cm³/mol. The van der Waals surface area contributed by atoms with Crippen LogP contribution in [0, 0.1) is 0 Å². The molecule has 10 heteroatoms. The van der Waals surface area contributed by atoms with Gasteiger partial charge in [0.05, 0.1) is 0 Å². The molecule has 0 fully saturated rings. The molecule has 0 bridgehead atoms. The zero-order valence-corrected chi connectivity index (χ0v) is 8.49. The second-order valence-electron chi connectivity index (χ2n) is 0. The Balaban J connectivity index is 0. The van der Waals surface area contributed by atoms with Gasteiger partial charge in [0.2, 0.25) is 0 Å². The fourth-order valence-corrected chi connectivity index (χ4v) is 0. The first-order chi connectivity index (χ1) is 0. The summed E-state index contributed by atoms with van der Waals surface area (Å²) in [7, 11) is 0. The standard InChI is InChI=1S/3ClH.6H2O.Ru/h3*1H;6*1H2;/q;;;;;;;;;+3/p-3. The Hall–Kier alpha value is 1.25. The molecular weight excluding hydrogens is 303 g/mol. The Morgan fingerprint density at radius 3 is 0.300 bits per heavy atom. The Bertz CT molecular complexity index is 13.0. The van der Waals surface area contributed by atoms with E-state index in [4.69, 9.17) is 0 Å². The summed E-state index contributed by atoms with van der Waals surface area (Å²) in [4.78, 5) is 0. The Kier molecular flexibility index (Phi) is 42100. The van der Waals surface area contributed by atoms with Gasteiger partial charge in [0.25, 0.3) is 0 Å². The molecule has 0 aromatic heterocycles. The van der Waals surface area contributed by atoms with Crippen molar-refractivity contribution in [2.45, 2.75) is 0 Å². The molecule has 1 radical (unpaired) electrons. The number of hydrogen-bond donors (Lipinski definition) is 0. The molecule has 6 nitrogen and oxygen atoms in total. The van der Waals surface area contributed by atoms with E-state index in [9.17, 15) is 0 Å². The molecule has 0 unspecified atom stereocenters. The van der Waals surface area contributed by atoms with E-state index in [1.54, 1.807) is 0 Å². The first-order valence-electron chi connectivity index (χ1n) is 0. The molecule has 0 aromatic carbocycles. The number of halogens is 3. The van der Waals surface area contributed by atoms with Crippen LogP contribution in [0.1, 0.15) is 0 Å². The van der Waals surface area contributed by atoms with Crippen molar-refractivity contribution in [3.8, 4) is 0 Å². The molecular formula is H12Cl3O6Ru. The van der Waals surface area contributed by atoms with Crippen LogP contribution in [0.2, 0.25) is 0 Å². The van der Waals surface area contributed by atoms with Crippen LogP contribution in [0.15, 0.2) is 0 Å². The van der Waals surface area contributed by atoms with E-state index in [2.05, 4.69) is 0 Å². The average molecular weight is 316 g/mol. The number of rotatable bonds is 0. The SMILES string of the molecule is O.O.O.O.O.O.[Cl-].[Cl-].[Cl-].[Ru+3]. The zero-order valence-electron chi connectivity index (χ0n) is 4.49. The summed E-state index contributed by atoms with van der Waals surface area (Å²) >= 11 is 0. The summed E-state index contributed by atoms with van der Waals surface area (Å²) < 4.78 is 0. The molecule has 0 rings (SSSR count). The minimum atomic E-state index is 0. The van der Waals surface area contributed by atoms with Crippen molar-refractivity contribution in [3.63, 3.8) is 0 Å². The van der Waals surface area contributed by atoms with Gasteiger partial charge < -0.3 is 70.1 Å². The summed E-state index contributed by atoms with van der Waals surface area (Å²) in [6.07, 6.45) is 0. The minimum absolute atomic E-state index is 0. The Morgan fingerprint density at radius 1 is 0.300 bits per heavy atom. The van der Waals surface area contributed by atoms with Gasteiger partial charge in [-0.05, 0) is 0 Å². The summed E-state index contributed by atoms with van der Waals surface area (Å²) in [6, 6.07) is 0. The van der Waals surface area contributed by atoms with Gasteiger partial charge in [-0.15, -0.1) is 0 Å². The molecule has 0 aliphatic rings. The maximum Gasteiger partial charge on any atom is 3.00 e. The second kappa shape index (κ2) is 559. The quantitative estimate of drug-likeness (QED) is 0.384. The van der Waals surface area contributed by atoms with Crippen molar-refractivity contribution < 1.29 is 89.6 Å². The molecule has 0 amide bonds. The first kappa shape index (κ1) is 753. The van der Waals surface area contributed by atoms with Crippen molar-refractivity contribution >= 4 is 0 Å². The monoisotopic (exact) mass is 315 g/mol. The summed E-state index contributed by atoms with van der Waals surface area (Å²) in [6.45, 7) is 0. The average Bonchev–Trinajstić information content (AvgIpc) is 0. The molecule has 0 saturated heterocycles. The molecule has 0 saturated carbocycles. The van der Waals surface area contributed by atoms with Gasteiger partial charge in [0.15, 0.2) is 0 Å². The largest absolute Gasteiger partial charge is 3.00 e. The van der Waals surface area contributed by atoms with E-state index >= 15 is 0 Å². The van der Waals surface area contributed by atoms with Gasteiger partial charge in [-0.2, -0.15) is 0 Å². The van der Waals surface area contributed by atoms with Gasteiger partial charge in [-0.1, -0.05) is 0 Å². The van der Waals surface area contributed by atoms with Crippen LogP contribution in [0.3, 0.4) is 0 Å². The van der Waals surface area contributed by atoms with Gasteiger partial charge in [0, 0.05) is 0 Å². The van der Waals surface area contributed by atoms with Crippen LogP contribution in [-0.4, -0.2) is 32.9 Å². The van der Waals surface area contributed by atoms with Gasteiger partial charge in [-0.25, -0.2) is 0 Å². The van der Waals surface area contributed by atoms with E-state index in [-0.39, 0.29) is 89.6 Å². The van der Waals surface area contributed by atoms with E-state index in [1.165, 1.54) is 0 Å². The van der Waals surface area contributed by atoms with E-state index in [0.29, 0.717) is 0 Å². The van der Waals surface area contributed by atoms with Crippen molar-refractivity contribution in [1.82, 2.24) is 0 Å². The summed E-state index contributed by atoms with van der Waals surface area (Å²) in [5, 5.41) is 0. The Labute approximate surface area is 89.6 Å². The third-order valence-corrected chi connectivity index (χ3v) is 0. The van der Waals surface area contributed by atoms with E-state index in [0.717, 1.165) is 0 Å². The van der Waals surface area contributed by atoms with Crippen molar-refractivity contribution in [1.29, 1.82) is 0 Å². The zero-order chi connectivity index (χ0) is 0. The van der Waals surface area contributed by atoms with Crippen molar-refractivity contribution in [2.24, 2.45) is 0 Å². The van der Waals surface area contributed by atoms with E-state index in [1.807, 2.05) is 0 Å². The maximum absolute atomic E-state index is 0. The predicted octanol–water partition coefficient (Wildman–Crippen LogP) is -13.9. The van der Waals surface area contributed by atoms with Gasteiger partial charge in [0.1, 0.15) is 0 Å². The molecule has 10 heavy (non-hydrogen) atoms. The molecule has 12 N–H and O–H groups in total.